The molecule has 0 heterocycles. The predicted octanol–water partition coefficient (Wildman–Crippen LogP) is 2.45. The van der Waals surface area contributed by atoms with Crippen molar-refractivity contribution in [1.82, 2.24) is 0 Å². The minimum absolute atomic E-state index is 0.0505. The van der Waals surface area contributed by atoms with Crippen molar-refractivity contribution in [2.75, 3.05) is 27.9 Å². The third-order valence-electron chi connectivity index (χ3n) is 3.40. The molecule has 0 aliphatic carbocycles. The third kappa shape index (κ3) is 4.73. The highest BCUT2D eigenvalue weighted by atomic mass is 35.5. The van der Waals surface area contributed by atoms with Crippen molar-refractivity contribution in [3.8, 4) is 28.7 Å². The summed E-state index contributed by atoms with van der Waals surface area (Å²) in [5.41, 5.74) is 5.15. The summed E-state index contributed by atoms with van der Waals surface area (Å²) in [4.78, 5) is 23.5. The van der Waals surface area contributed by atoms with E-state index < -0.39 is 18.5 Å². The molecule has 8 nitrogen and oxygen atoms in total. The van der Waals surface area contributed by atoms with Crippen molar-refractivity contribution < 1.29 is 33.3 Å². The van der Waals surface area contributed by atoms with Gasteiger partial charge in [-0.1, -0.05) is 17.7 Å². The predicted molar refractivity (Wildman–Crippen MR) is 97.2 cm³/mol. The molecule has 0 aliphatic rings. The van der Waals surface area contributed by atoms with E-state index in [1.165, 1.54) is 33.5 Å². The average molecular weight is 396 g/mol. The van der Waals surface area contributed by atoms with Crippen LogP contribution in [0.3, 0.4) is 0 Å². The van der Waals surface area contributed by atoms with Crippen LogP contribution in [0.25, 0.3) is 0 Å². The van der Waals surface area contributed by atoms with E-state index in [4.69, 9.17) is 41.0 Å². The van der Waals surface area contributed by atoms with E-state index in [0.29, 0.717) is 11.5 Å². The minimum Gasteiger partial charge on any atom is -0.493 e. The van der Waals surface area contributed by atoms with Gasteiger partial charge in [0.2, 0.25) is 5.75 Å². The number of hydrogen-bond acceptors (Lipinski definition) is 7. The van der Waals surface area contributed by atoms with Gasteiger partial charge in [0.25, 0.3) is 5.91 Å². The summed E-state index contributed by atoms with van der Waals surface area (Å²) in [5, 5.41) is 0.0505. The fourth-order valence-electron chi connectivity index (χ4n) is 2.19. The van der Waals surface area contributed by atoms with Gasteiger partial charge in [-0.15, -0.1) is 0 Å². The number of carbonyl (C=O) groups excluding carboxylic acids is 2. The molecule has 0 atom stereocenters. The van der Waals surface area contributed by atoms with Gasteiger partial charge in [-0.2, -0.15) is 0 Å². The molecule has 0 spiro atoms. The second-order valence-corrected chi connectivity index (χ2v) is 5.53. The molecule has 0 unspecified atom stereocenters. The summed E-state index contributed by atoms with van der Waals surface area (Å²) in [5.74, 6) is -0.410. The number of primary amides is 1. The van der Waals surface area contributed by atoms with Crippen LogP contribution in [0.4, 0.5) is 0 Å². The Kier molecular flexibility index (Phi) is 6.73. The number of methoxy groups -OCH3 is 3. The minimum atomic E-state index is -0.723. The van der Waals surface area contributed by atoms with Gasteiger partial charge in [-0.25, -0.2) is 4.79 Å². The molecule has 0 saturated heterocycles. The molecule has 0 saturated carbocycles. The highest BCUT2D eigenvalue weighted by Gasteiger charge is 2.21. The van der Waals surface area contributed by atoms with Crippen LogP contribution in [0.1, 0.15) is 10.4 Å². The zero-order chi connectivity index (χ0) is 20.0. The fraction of sp³-hybridized carbons (Fsp3) is 0.222. The quantitative estimate of drug-likeness (QED) is 0.540. The van der Waals surface area contributed by atoms with Crippen LogP contribution in [0.2, 0.25) is 5.02 Å². The van der Waals surface area contributed by atoms with Crippen molar-refractivity contribution in [2.45, 2.75) is 0 Å². The first-order valence-electron chi connectivity index (χ1n) is 7.63. The van der Waals surface area contributed by atoms with Gasteiger partial charge >= 0.3 is 5.97 Å². The Bertz CT molecular complexity index is 832. The highest BCUT2D eigenvalue weighted by Crippen LogP contribution is 2.39. The summed E-state index contributed by atoms with van der Waals surface area (Å²) < 4.78 is 26.2. The first kappa shape index (κ1) is 20.2. The van der Waals surface area contributed by atoms with Crippen LogP contribution in [0.5, 0.6) is 28.7 Å². The SMILES string of the molecule is COc1cc(C(=O)Oc2c(OC)cccc2OC)cc(Cl)c1OCC(N)=O. The van der Waals surface area contributed by atoms with Gasteiger partial charge in [0.1, 0.15) is 0 Å². The van der Waals surface area contributed by atoms with Crippen LogP contribution >= 0.6 is 11.6 Å². The topological polar surface area (TPSA) is 106 Å². The Labute approximate surface area is 160 Å². The van der Waals surface area contributed by atoms with Crippen molar-refractivity contribution in [3.63, 3.8) is 0 Å². The van der Waals surface area contributed by atoms with E-state index in [2.05, 4.69) is 0 Å². The van der Waals surface area contributed by atoms with Crippen LogP contribution in [-0.2, 0) is 4.79 Å². The largest absolute Gasteiger partial charge is 0.493 e. The summed E-state index contributed by atoms with van der Waals surface area (Å²) in [7, 11) is 4.24. The van der Waals surface area contributed by atoms with Crippen molar-refractivity contribution >= 4 is 23.5 Å². The summed E-state index contributed by atoms with van der Waals surface area (Å²) in [6, 6.07) is 7.63. The van der Waals surface area contributed by atoms with Crippen LogP contribution in [0.15, 0.2) is 30.3 Å². The van der Waals surface area contributed by atoms with Crippen molar-refractivity contribution in [3.05, 3.63) is 40.9 Å². The molecule has 0 fully saturated rings. The molecule has 1 amide bonds. The first-order chi connectivity index (χ1) is 12.9. The van der Waals surface area contributed by atoms with Crippen LogP contribution in [-0.4, -0.2) is 39.8 Å². The number of ether oxygens (including phenoxy) is 5. The Hall–Kier alpha value is -3.13. The van der Waals surface area contributed by atoms with E-state index in [0.717, 1.165) is 0 Å². The third-order valence-corrected chi connectivity index (χ3v) is 3.68. The lowest BCUT2D eigenvalue weighted by Gasteiger charge is -2.15. The molecule has 2 aromatic carbocycles. The number of hydrogen-bond donors (Lipinski definition) is 1. The van der Waals surface area contributed by atoms with E-state index in [-0.39, 0.29) is 27.8 Å². The molecule has 2 N–H and O–H groups in total. The summed E-state index contributed by atoms with van der Waals surface area (Å²) in [6.45, 7) is -0.391. The maximum atomic E-state index is 12.6. The van der Waals surface area contributed by atoms with E-state index in [1.807, 2.05) is 0 Å². The smallest absolute Gasteiger partial charge is 0.343 e. The van der Waals surface area contributed by atoms with E-state index in [9.17, 15) is 9.59 Å². The molecule has 0 radical (unpaired) electrons. The van der Waals surface area contributed by atoms with Gasteiger partial charge < -0.3 is 29.4 Å². The van der Waals surface area contributed by atoms with Gasteiger partial charge in [0.05, 0.1) is 31.9 Å². The number of nitrogens with two attached hydrogens (primary N) is 1. The number of halogens is 1. The maximum absolute atomic E-state index is 12.6. The average Bonchev–Trinajstić information content (AvgIpc) is 2.66. The van der Waals surface area contributed by atoms with Gasteiger partial charge in [0.15, 0.2) is 29.6 Å². The summed E-state index contributed by atoms with van der Waals surface area (Å²) >= 11 is 6.15. The zero-order valence-corrected chi connectivity index (χ0v) is 15.7. The fourth-order valence-corrected chi connectivity index (χ4v) is 2.46. The standard InChI is InChI=1S/C18H18ClNO7/c1-23-12-5-4-6-13(24-2)17(12)27-18(22)10-7-11(19)16(14(8-10)25-3)26-9-15(20)21/h4-8H,9H2,1-3H3,(H2,20,21). The van der Waals surface area contributed by atoms with Crippen LogP contribution < -0.4 is 29.4 Å². The van der Waals surface area contributed by atoms with Gasteiger partial charge in [-0.3, -0.25) is 4.79 Å². The van der Waals surface area contributed by atoms with Crippen molar-refractivity contribution in [1.29, 1.82) is 0 Å². The lowest BCUT2D eigenvalue weighted by atomic mass is 10.2. The van der Waals surface area contributed by atoms with Crippen LogP contribution in [0, 0.1) is 0 Å². The Morgan fingerprint density at radius 2 is 1.56 bits per heavy atom. The normalized spacial score (nSPS) is 10.1. The van der Waals surface area contributed by atoms with Crippen molar-refractivity contribution in [2.24, 2.45) is 5.73 Å². The maximum Gasteiger partial charge on any atom is 0.343 e. The summed E-state index contributed by atoms with van der Waals surface area (Å²) in [6.07, 6.45) is 0. The van der Waals surface area contributed by atoms with E-state index in [1.54, 1.807) is 18.2 Å². The van der Waals surface area contributed by atoms with E-state index >= 15 is 0 Å². The highest BCUT2D eigenvalue weighted by molar-refractivity contribution is 6.32. The number of rotatable bonds is 8. The molecule has 2 aromatic rings. The Morgan fingerprint density at radius 3 is 2.07 bits per heavy atom. The first-order valence-corrected chi connectivity index (χ1v) is 8.00. The molecule has 0 bridgehead atoms. The lowest BCUT2D eigenvalue weighted by molar-refractivity contribution is -0.119. The molecule has 144 valence electrons. The molecule has 27 heavy (non-hydrogen) atoms. The number of esters is 1. The molecular formula is C18H18ClNO7. The number of benzene rings is 2. The molecule has 0 aromatic heterocycles. The second kappa shape index (κ2) is 9.00. The number of carbonyl (C=O) groups is 2. The molecular weight excluding hydrogens is 378 g/mol. The Morgan fingerprint density at radius 1 is 0.963 bits per heavy atom. The zero-order valence-electron chi connectivity index (χ0n) is 14.9. The van der Waals surface area contributed by atoms with Gasteiger partial charge in [0, 0.05) is 0 Å². The van der Waals surface area contributed by atoms with Gasteiger partial charge in [-0.05, 0) is 24.3 Å². The lowest BCUT2D eigenvalue weighted by Crippen LogP contribution is -2.20. The number of amides is 1. The number of para-hydroxylation sites is 1. The second-order valence-electron chi connectivity index (χ2n) is 5.13. The Balaban J connectivity index is 2.35. The molecule has 9 heteroatoms. The molecule has 0 aliphatic heterocycles. The monoisotopic (exact) mass is 395 g/mol. The molecule has 2 rings (SSSR count).